The monoisotopic (exact) mass is 462 g/mol. The molecular formula is C27H46N2O4. The van der Waals surface area contributed by atoms with E-state index in [0.29, 0.717) is 12.2 Å². The van der Waals surface area contributed by atoms with Crippen LogP contribution in [0.25, 0.3) is 0 Å². The standard InChI is InChI=1S/C27H46N2O4/c1-2-3-4-5-6-7-8-9-10-11-12-13-14-15-16-17-20-29(27(33)22-26(28)32)23-18-19-24(30)25(31)21-23/h18-19,21,30-31H,2-17,20,22H2,1H3,(H2,28,32). The fraction of sp³-hybridized carbons (Fsp3) is 0.704. The summed E-state index contributed by atoms with van der Waals surface area (Å²) in [4.78, 5) is 25.1. The Bertz CT molecular complexity index is 678. The minimum absolute atomic E-state index is 0.247. The van der Waals surface area contributed by atoms with Crippen molar-refractivity contribution in [1.82, 2.24) is 0 Å². The highest BCUT2D eigenvalue weighted by Crippen LogP contribution is 2.30. The number of phenols is 2. The van der Waals surface area contributed by atoms with Crippen molar-refractivity contribution in [3.8, 4) is 11.5 Å². The number of unbranched alkanes of at least 4 members (excludes halogenated alkanes) is 15. The predicted octanol–water partition coefficient (Wildman–Crippen LogP) is 6.57. The Kier molecular flexibility index (Phi) is 15.9. The van der Waals surface area contributed by atoms with Gasteiger partial charge < -0.3 is 20.8 Å². The molecule has 0 aliphatic heterocycles. The van der Waals surface area contributed by atoms with Gasteiger partial charge in [-0.05, 0) is 18.6 Å². The molecule has 0 unspecified atom stereocenters. The van der Waals surface area contributed by atoms with Gasteiger partial charge in [0.15, 0.2) is 11.5 Å². The van der Waals surface area contributed by atoms with Gasteiger partial charge in [0.05, 0.1) is 0 Å². The topological polar surface area (TPSA) is 104 Å². The van der Waals surface area contributed by atoms with Crippen molar-refractivity contribution in [3.63, 3.8) is 0 Å². The van der Waals surface area contributed by atoms with Gasteiger partial charge in [-0.25, -0.2) is 0 Å². The van der Waals surface area contributed by atoms with Gasteiger partial charge in [0.2, 0.25) is 11.8 Å². The summed E-state index contributed by atoms with van der Waals surface area (Å²) < 4.78 is 0. The Morgan fingerprint density at radius 2 is 1.18 bits per heavy atom. The molecule has 0 fully saturated rings. The Hall–Kier alpha value is -2.24. The summed E-state index contributed by atoms with van der Waals surface area (Å²) in [6.45, 7) is 2.71. The SMILES string of the molecule is CCCCCCCCCCCCCCCCCCN(C(=O)CC(N)=O)c1ccc(O)c(O)c1. The molecule has 188 valence electrons. The second-order valence-electron chi connectivity index (χ2n) is 9.16. The molecule has 0 atom stereocenters. The first-order chi connectivity index (χ1) is 16.0. The molecule has 33 heavy (non-hydrogen) atoms. The minimum Gasteiger partial charge on any atom is -0.504 e. The molecule has 1 aromatic carbocycles. The van der Waals surface area contributed by atoms with Crippen LogP contribution in [-0.4, -0.2) is 28.6 Å². The lowest BCUT2D eigenvalue weighted by molar-refractivity contribution is -0.126. The number of hydrogen-bond acceptors (Lipinski definition) is 4. The average Bonchev–Trinajstić information content (AvgIpc) is 2.77. The molecule has 4 N–H and O–H groups in total. The van der Waals surface area contributed by atoms with Crippen LogP contribution in [0.15, 0.2) is 18.2 Å². The van der Waals surface area contributed by atoms with Crippen LogP contribution in [0.1, 0.15) is 116 Å². The average molecular weight is 463 g/mol. The molecular weight excluding hydrogens is 416 g/mol. The van der Waals surface area contributed by atoms with Crippen LogP contribution in [0.5, 0.6) is 11.5 Å². The first-order valence-electron chi connectivity index (χ1n) is 13.1. The van der Waals surface area contributed by atoms with Crippen LogP contribution < -0.4 is 10.6 Å². The lowest BCUT2D eigenvalue weighted by Gasteiger charge is -2.23. The molecule has 6 heteroatoms. The Morgan fingerprint density at radius 3 is 1.61 bits per heavy atom. The van der Waals surface area contributed by atoms with Crippen LogP contribution in [0, 0.1) is 0 Å². The first kappa shape index (κ1) is 28.8. The summed E-state index contributed by atoms with van der Waals surface area (Å²) >= 11 is 0. The predicted molar refractivity (Wildman–Crippen MR) is 135 cm³/mol. The number of nitrogens with two attached hydrogens (primary N) is 1. The highest BCUT2D eigenvalue weighted by molar-refractivity contribution is 6.04. The molecule has 0 bridgehead atoms. The summed E-state index contributed by atoms with van der Waals surface area (Å²) in [6.07, 6.45) is 20.1. The van der Waals surface area contributed by atoms with Crippen LogP contribution in [0.2, 0.25) is 0 Å². The van der Waals surface area contributed by atoms with E-state index in [1.807, 2.05) is 0 Å². The number of nitrogens with zero attached hydrogens (tertiary/aromatic N) is 1. The normalized spacial score (nSPS) is 10.9. The molecule has 2 amide bonds. The molecule has 0 saturated carbocycles. The van der Waals surface area contributed by atoms with Crippen molar-refractivity contribution in [2.45, 2.75) is 116 Å². The summed E-state index contributed by atoms with van der Waals surface area (Å²) in [5, 5.41) is 19.3. The zero-order valence-corrected chi connectivity index (χ0v) is 20.7. The molecule has 0 aliphatic carbocycles. The maximum absolute atomic E-state index is 12.4. The van der Waals surface area contributed by atoms with E-state index < -0.39 is 11.8 Å². The molecule has 6 nitrogen and oxygen atoms in total. The molecule has 0 heterocycles. The number of amides is 2. The molecule has 1 aromatic rings. The number of carbonyl (C=O) groups excluding carboxylic acids is 2. The van der Waals surface area contributed by atoms with Gasteiger partial charge in [-0.2, -0.15) is 0 Å². The summed E-state index contributed by atoms with van der Waals surface area (Å²) in [5.41, 5.74) is 5.63. The minimum atomic E-state index is -0.681. The van der Waals surface area contributed by atoms with Gasteiger partial charge >= 0.3 is 0 Å². The quantitative estimate of drug-likeness (QED) is 0.116. The first-order valence-corrected chi connectivity index (χ1v) is 13.1. The molecule has 0 saturated heterocycles. The lowest BCUT2D eigenvalue weighted by atomic mass is 10.0. The smallest absolute Gasteiger partial charge is 0.236 e. The Morgan fingerprint density at radius 1 is 0.727 bits per heavy atom. The molecule has 0 radical (unpaired) electrons. The maximum Gasteiger partial charge on any atom is 0.236 e. The Labute approximate surface area is 200 Å². The number of aromatic hydroxyl groups is 2. The van der Waals surface area contributed by atoms with E-state index >= 15 is 0 Å². The summed E-state index contributed by atoms with van der Waals surface area (Å²) in [5.74, 6) is -1.62. The second kappa shape index (κ2) is 18.2. The van der Waals surface area contributed by atoms with Crippen molar-refractivity contribution in [2.75, 3.05) is 11.4 Å². The zero-order valence-electron chi connectivity index (χ0n) is 20.7. The van der Waals surface area contributed by atoms with Gasteiger partial charge in [-0.15, -0.1) is 0 Å². The third-order valence-electron chi connectivity index (χ3n) is 6.13. The van der Waals surface area contributed by atoms with E-state index in [1.54, 1.807) is 6.07 Å². The van der Waals surface area contributed by atoms with Crippen LogP contribution in [0.4, 0.5) is 5.69 Å². The lowest BCUT2D eigenvalue weighted by Crippen LogP contribution is -2.34. The third-order valence-corrected chi connectivity index (χ3v) is 6.13. The second-order valence-corrected chi connectivity index (χ2v) is 9.16. The number of primary amides is 1. The molecule has 0 spiro atoms. The zero-order chi connectivity index (χ0) is 24.3. The van der Waals surface area contributed by atoms with Gasteiger partial charge in [0, 0.05) is 18.3 Å². The number of carbonyl (C=O) groups is 2. The maximum atomic E-state index is 12.4. The van der Waals surface area contributed by atoms with E-state index in [9.17, 15) is 19.8 Å². The van der Waals surface area contributed by atoms with Crippen molar-refractivity contribution in [2.24, 2.45) is 5.73 Å². The largest absolute Gasteiger partial charge is 0.504 e. The van der Waals surface area contributed by atoms with E-state index in [2.05, 4.69) is 6.92 Å². The van der Waals surface area contributed by atoms with Crippen molar-refractivity contribution in [1.29, 1.82) is 0 Å². The number of phenolic OH excluding ortho intramolecular Hbond substituents is 2. The van der Waals surface area contributed by atoms with Gasteiger partial charge in [0.1, 0.15) is 6.42 Å². The van der Waals surface area contributed by atoms with Crippen molar-refractivity contribution in [3.05, 3.63) is 18.2 Å². The van der Waals surface area contributed by atoms with Crippen LogP contribution >= 0.6 is 0 Å². The van der Waals surface area contributed by atoms with Crippen molar-refractivity contribution < 1.29 is 19.8 Å². The summed E-state index contributed by atoms with van der Waals surface area (Å²) in [7, 11) is 0. The fourth-order valence-corrected chi connectivity index (χ4v) is 4.14. The number of benzene rings is 1. The van der Waals surface area contributed by atoms with Crippen LogP contribution in [-0.2, 0) is 9.59 Å². The van der Waals surface area contributed by atoms with Gasteiger partial charge in [-0.3, -0.25) is 9.59 Å². The van der Waals surface area contributed by atoms with E-state index in [1.165, 1.54) is 101 Å². The fourth-order valence-electron chi connectivity index (χ4n) is 4.14. The molecule has 1 rings (SSSR count). The number of anilines is 1. The van der Waals surface area contributed by atoms with Crippen molar-refractivity contribution >= 4 is 17.5 Å². The molecule has 0 aliphatic rings. The van der Waals surface area contributed by atoms with Gasteiger partial charge in [0.25, 0.3) is 0 Å². The Balaban J connectivity index is 2.14. The highest BCUT2D eigenvalue weighted by atomic mass is 16.3. The van der Waals surface area contributed by atoms with E-state index in [-0.39, 0.29) is 17.9 Å². The third kappa shape index (κ3) is 13.8. The van der Waals surface area contributed by atoms with Crippen LogP contribution in [0.3, 0.4) is 0 Å². The van der Waals surface area contributed by atoms with E-state index in [4.69, 9.17) is 5.73 Å². The summed E-state index contributed by atoms with van der Waals surface area (Å²) in [6, 6.07) is 4.23. The molecule has 0 aromatic heterocycles. The number of rotatable bonds is 20. The highest BCUT2D eigenvalue weighted by Gasteiger charge is 2.18. The van der Waals surface area contributed by atoms with Gasteiger partial charge in [-0.1, -0.05) is 103 Å². The number of hydrogen-bond donors (Lipinski definition) is 3. The van der Waals surface area contributed by atoms with E-state index in [0.717, 1.165) is 19.3 Å².